The number of unbranched alkanes of at least 4 members (excludes halogenated alkanes) is 27. The van der Waals surface area contributed by atoms with E-state index in [2.05, 4.69) is 35.5 Å². The number of carbonyl (C=O) groups is 1. The summed E-state index contributed by atoms with van der Waals surface area (Å²) in [6.07, 6.45) is 29.6. The summed E-state index contributed by atoms with van der Waals surface area (Å²) in [6, 6.07) is -1.03. The molecule has 1 saturated heterocycles. The smallest absolute Gasteiger partial charge is 0.394 e. The quantitative estimate of drug-likeness (QED) is 0.0174. The molecule has 0 aromatic carbocycles. The largest absolute Gasteiger partial charge is 0.397 e. The van der Waals surface area contributed by atoms with Crippen LogP contribution in [0.5, 0.6) is 0 Å². The zero-order chi connectivity index (χ0) is 45.0. The molecule has 61 heavy (non-hydrogen) atoms. The van der Waals surface area contributed by atoms with Gasteiger partial charge in [0.25, 0.3) is 0 Å². The van der Waals surface area contributed by atoms with E-state index in [0.717, 1.165) is 57.8 Å². The maximum Gasteiger partial charge on any atom is 0.397 e. The van der Waals surface area contributed by atoms with Gasteiger partial charge in [-0.15, -0.1) is 0 Å². The molecule has 1 heterocycles. The summed E-state index contributed by atoms with van der Waals surface area (Å²) in [5.74, 6) is -0.672. The highest BCUT2D eigenvalue weighted by Gasteiger charge is 2.48. The van der Waals surface area contributed by atoms with Crippen molar-refractivity contribution in [2.24, 2.45) is 0 Å². The average Bonchev–Trinajstić information content (AvgIpc) is 3.23. The molecule has 0 aromatic rings. The third-order valence-corrected chi connectivity index (χ3v) is 12.4. The van der Waals surface area contributed by atoms with Crippen LogP contribution in [-0.2, 0) is 28.9 Å². The molecule has 0 aliphatic carbocycles. The molecule has 1 fully saturated rings. The van der Waals surface area contributed by atoms with Gasteiger partial charge in [0.1, 0.15) is 30.5 Å². The third-order valence-electron chi connectivity index (χ3n) is 11.9. The molecule has 0 aromatic heterocycles. The van der Waals surface area contributed by atoms with Crippen LogP contribution in [-0.4, -0.2) is 107 Å². The summed E-state index contributed by atoms with van der Waals surface area (Å²) in [7, 11) is -5.11. The molecule has 13 nitrogen and oxygen atoms in total. The Hall–Kier alpha value is -1.20. The first-order chi connectivity index (χ1) is 29.4. The van der Waals surface area contributed by atoms with Crippen molar-refractivity contribution < 1.29 is 57.0 Å². The Kier molecular flexibility index (Phi) is 36.1. The van der Waals surface area contributed by atoms with Crippen LogP contribution in [0.2, 0.25) is 0 Å². The van der Waals surface area contributed by atoms with Gasteiger partial charge in [-0.2, -0.15) is 8.42 Å². The second-order valence-electron chi connectivity index (χ2n) is 17.5. The van der Waals surface area contributed by atoms with E-state index in [1.54, 1.807) is 0 Å². The van der Waals surface area contributed by atoms with Crippen molar-refractivity contribution >= 4 is 16.3 Å². The maximum atomic E-state index is 13.1. The van der Waals surface area contributed by atoms with Crippen LogP contribution >= 0.6 is 0 Å². The van der Waals surface area contributed by atoms with Crippen LogP contribution in [0.1, 0.15) is 219 Å². The van der Waals surface area contributed by atoms with Crippen molar-refractivity contribution in [2.45, 2.75) is 268 Å². The Morgan fingerprint density at radius 3 is 1.48 bits per heavy atom. The van der Waals surface area contributed by atoms with Crippen LogP contribution in [0.25, 0.3) is 0 Å². The Bertz CT molecular complexity index is 1160. The van der Waals surface area contributed by atoms with Crippen LogP contribution in [0, 0.1) is 0 Å². The fourth-order valence-electron chi connectivity index (χ4n) is 7.99. The van der Waals surface area contributed by atoms with Crippen molar-refractivity contribution in [1.82, 2.24) is 5.32 Å². The Balaban J connectivity index is 2.51. The van der Waals surface area contributed by atoms with Gasteiger partial charge in [0, 0.05) is 0 Å². The minimum absolute atomic E-state index is 0.255. The summed E-state index contributed by atoms with van der Waals surface area (Å²) >= 11 is 0. The van der Waals surface area contributed by atoms with E-state index in [1.807, 2.05) is 0 Å². The number of carbonyl (C=O) groups excluding carboxylic acids is 1. The monoisotopic (exact) mass is 894 g/mol. The molecule has 1 amide bonds. The first-order valence-electron chi connectivity index (χ1n) is 24.7. The standard InChI is InChI=1S/C47H91NO12S/c1-3-5-7-9-11-13-15-17-19-20-21-22-24-26-28-30-32-34-36-41(51)46(54)48-39(38-58-47-44(53)45(60-61(55,56)57)43(52)42(37-49)59-47)40(50)35-33-31-29-27-25-23-18-16-14-12-10-8-6-4-2/h20-21,39-45,47,49-53H,3-19,22-38H2,1-2H3,(H,48,54)(H,55,56,57)/b21-20-. The Morgan fingerprint density at radius 1 is 0.639 bits per heavy atom. The molecule has 1 aliphatic heterocycles. The van der Waals surface area contributed by atoms with Gasteiger partial charge >= 0.3 is 10.4 Å². The van der Waals surface area contributed by atoms with E-state index >= 15 is 0 Å². The lowest BCUT2D eigenvalue weighted by Crippen LogP contribution is -2.61. The van der Waals surface area contributed by atoms with Crippen molar-refractivity contribution in [3.05, 3.63) is 12.2 Å². The van der Waals surface area contributed by atoms with Crippen LogP contribution in [0.4, 0.5) is 0 Å². The van der Waals surface area contributed by atoms with Gasteiger partial charge in [-0.3, -0.25) is 9.35 Å². The predicted molar refractivity (Wildman–Crippen MR) is 242 cm³/mol. The van der Waals surface area contributed by atoms with E-state index in [0.29, 0.717) is 19.3 Å². The van der Waals surface area contributed by atoms with Gasteiger partial charge in [-0.1, -0.05) is 193 Å². The molecule has 14 heteroatoms. The molecule has 0 saturated carbocycles. The van der Waals surface area contributed by atoms with Crippen molar-refractivity contribution in [3.63, 3.8) is 0 Å². The first kappa shape index (κ1) is 57.8. The zero-order valence-electron chi connectivity index (χ0n) is 38.4. The first-order valence-corrected chi connectivity index (χ1v) is 26.0. The fourth-order valence-corrected chi connectivity index (χ4v) is 8.50. The molecular weight excluding hydrogens is 803 g/mol. The molecule has 8 atom stereocenters. The SMILES string of the molecule is CCCCCCCCCC/C=C\CCCCCCCCC(O)C(=O)NC(COC1OC(CO)C(O)C(OS(=O)(=O)O)C1O)C(O)CCCCCCCCCCCCCCCC. The number of allylic oxidation sites excluding steroid dienone is 2. The molecule has 0 radical (unpaired) electrons. The topological polar surface area (TPSA) is 212 Å². The fraction of sp³-hybridized carbons (Fsp3) is 0.936. The van der Waals surface area contributed by atoms with Crippen molar-refractivity contribution in [2.75, 3.05) is 13.2 Å². The summed E-state index contributed by atoms with van der Waals surface area (Å²) in [6.45, 7) is 3.28. The Labute approximate surface area is 371 Å². The molecule has 8 unspecified atom stereocenters. The molecule has 0 bridgehead atoms. The van der Waals surface area contributed by atoms with Gasteiger partial charge < -0.3 is 40.3 Å². The van der Waals surface area contributed by atoms with Gasteiger partial charge in [-0.25, -0.2) is 4.18 Å². The highest BCUT2D eigenvalue weighted by molar-refractivity contribution is 7.80. The summed E-state index contributed by atoms with van der Waals surface area (Å²) < 4.78 is 47.6. The normalized spacial score (nSPS) is 21.2. The molecule has 7 N–H and O–H groups in total. The minimum atomic E-state index is -5.11. The van der Waals surface area contributed by atoms with Crippen LogP contribution < -0.4 is 5.32 Å². The summed E-state index contributed by atoms with van der Waals surface area (Å²) in [5.41, 5.74) is 0. The molecule has 362 valence electrons. The number of nitrogens with one attached hydrogen (secondary N) is 1. The number of amides is 1. The van der Waals surface area contributed by atoms with Crippen LogP contribution in [0.15, 0.2) is 12.2 Å². The third kappa shape index (κ3) is 30.6. The van der Waals surface area contributed by atoms with E-state index in [9.17, 15) is 43.3 Å². The second kappa shape index (κ2) is 38.1. The lowest BCUT2D eigenvalue weighted by atomic mass is 9.99. The van der Waals surface area contributed by atoms with E-state index in [4.69, 9.17) is 9.47 Å². The van der Waals surface area contributed by atoms with E-state index < -0.39 is 78.5 Å². The van der Waals surface area contributed by atoms with Crippen LogP contribution in [0.3, 0.4) is 0 Å². The number of aliphatic hydroxyl groups excluding tert-OH is 5. The number of rotatable bonds is 42. The van der Waals surface area contributed by atoms with Crippen molar-refractivity contribution in [3.8, 4) is 0 Å². The second-order valence-corrected chi connectivity index (χ2v) is 18.6. The van der Waals surface area contributed by atoms with E-state index in [1.165, 1.54) is 122 Å². The summed E-state index contributed by atoms with van der Waals surface area (Å²) in [4.78, 5) is 13.1. The van der Waals surface area contributed by atoms with Gasteiger partial charge in [-0.05, 0) is 38.5 Å². The molecule has 0 spiro atoms. The molecule has 1 rings (SSSR count). The molecule has 1 aliphatic rings. The zero-order valence-corrected chi connectivity index (χ0v) is 39.2. The van der Waals surface area contributed by atoms with Gasteiger partial charge in [0.15, 0.2) is 6.29 Å². The Morgan fingerprint density at radius 2 is 1.05 bits per heavy atom. The minimum Gasteiger partial charge on any atom is -0.394 e. The predicted octanol–water partition coefficient (Wildman–Crippen LogP) is 8.92. The highest BCUT2D eigenvalue weighted by atomic mass is 32.3. The number of hydrogen-bond acceptors (Lipinski definition) is 11. The molecular formula is C47H91NO12S. The lowest BCUT2D eigenvalue weighted by molar-refractivity contribution is -0.298. The van der Waals surface area contributed by atoms with Crippen molar-refractivity contribution in [1.29, 1.82) is 0 Å². The lowest BCUT2D eigenvalue weighted by Gasteiger charge is -2.41. The number of ether oxygens (including phenoxy) is 2. The van der Waals surface area contributed by atoms with Gasteiger partial charge in [0.2, 0.25) is 5.91 Å². The summed E-state index contributed by atoms with van der Waals surface area (Å²) in [5, 5.41) is 55.4. The number of hydrogen-bond donors (Lipinski definition) is 7. The highest BCUT2D eigenvalue weighted by Crippen LogP contribution is 2.26. The maximum absolute atomic E-state index is 13.1. The average molecular weight is 894 g/mol. The van der Waals surface area contributed by atoms with E-state index in [-0.39, 0.29) is 6.42 Å². The van der Waals surface area contributed by atoms with Gasteiger partial charge in [0.05, 0.1) is 25.4 Å². The number of aliphatic hydroxyl groups is 5.